The highest BCUT2D eigenvalue weighted by Gasteiger charge is 2.26. The van der Waals surface area contributed by atoms with Crippen molar-refractivity contribution in [1.29, 1.82) is 0 Å². The molecule has 1 rings (SSSR count). The highest BCUT2D eigenvalue weighted by Crippen LogP contribution is 2.21. The average Bonchev–Trinajstić information content (AvgIpc) is 2.38. The Balaban J connectivity index is 0.000000470. The first-order valence-corrected chi connectivity index (χ1v) is 6.79. The van der Waals surface area contributed by atoms with Gasteiger partial charge < -0.3 is 15.3 Å². The molecule has 0 saturated heterocycles. The van der Waals surface area contributed by atoms with E-state index < -0.39 is 36.9 Å². The lowest BCUT2D eigenvalue weighted by molar-refractivity contribution is -0.143. The molecule has 0 bridgehead atoms. The van der Waals surface area contributed by atoms with Crippen molar-refractivity contribution in [2.45, 2.75) is 38.3 Å². The maximum Gasteiger partial charge on any atom is 0.389 e. The lowest BCUT2D eigenvalue weighted by atomic mass is 10.1. The molecule has 0 spiro atoms. The SMILES string of the molecule is O=C(O)CCCC(F)(F)F.O=C(O)Cc1ccc(CC(=O)O)cc1. The molecule has 1 aromatic carbocycles. The van der Waals surface area contributed by atoms with Gasteiger partial charge in [-0.15, -0.1) is 0 Å². The van der Waals surface area contributed by atoms with E-state index in [2.05, 4.69) is 0 Å². The van der Waals surface area contributed by atoms with E-state index in [0.29, 0.717) is 11.1 Å². The summed E-state index contributed by atoms with van der Waals surface area (Å²) >= 11 is 0. The van der Waals surface area contributed by atoms with Crippen LogP contribution in [0.1, 0.15) is 30.4 Å². The zero-order valence-electron chi connectivity index (χ0n) is 12.5. The van der Waals surface area contributed by atoms with E-state index in [1.54, 1.807) is 24.3 Å². The summed E-state index contributed by atoms with van der Waals surface area (Å²) in [4.78, 5) is 30.4. The van der Waals surface area contributed by atoms with Crippen LogP contribution in [0, 0.1) is 0 Å². The van der Waals surface area contributed by atoms with Crippen molar-refractivity contribution in [3.63, 3.8) is 0 Å². The number of benzene rings is 1. The first-order valence-electron chi connectivity index (χ1n) is 6.79. The van der Waals surface area contributed by atoms with Gasteiger partial charge >= 0.3 is 24.1 Å². The molecule has 6 nitrogen and oxygen atoms in total. The van der Waals surface area contributed by atoms with Gasteiger partial charge in [0.05, 0.1) is 12.8 Å². The number of aliphatic carboxylic acids is 3. The zero-order chi connectivity index (χ0) is 18.8. The fourth-order valence-corrected chi connectivity index (χ4v) is 1.56. The van der Waals surface area contributed by atoms with Gasteiger partial charge in [-0.2, -0.15) is 13.2 Å². The Bertz CT molecular complexity index is 516. The second kappa shape index (κ2) is 10.2. The number of alkyl halides is 3. The van der Waals surface area contributed by atoms with E-state index >= 15 is 0 Å². The van der Waals surface area contributed by atoms with Crippen molar-refractivity contribution in [2.24, 2.45) is 0 Å². The third-order valence-electron chi connectivity index (χ3n) is 2.58. The fraction of sp³-hybridized carbons (Fsp3) is 0.400. The molecule has 24 heavy (non-hydrogen) atoms. The Morgan fingerprint density at radius 1 is 0.792 bits per heavy atom. The van der Waals surface area contributed by atoms with E-state index in [1.165, 1.54) is 0 Å². The lowest BCUT2D eigenvalue weighted by Gasteiger charge is -2.02. The summed E-state index contributed by atoms with van der Waals surface area (Å²) in [5.41, 5.74) is 1.35. The van der Waals surface area contributed by atoms with Gasteiger partial charge in [0.25, 0.3) is 0 Å². The summed E-state index contributed by atoms with van der Waals surface area (Å²) in [6, 6.07) is 6.53. The monoisotopic (exact) mass is 350 g/mol. The standard InChI is InChI=1S/C10H10O4.C5H7F3O2/c11-9(12)5-7-1-2-8(4-3-7)6-10(13)14;6-5(7,8)3-1-2-4(9)10/h1-4H,5-6H2,(H,11,12)(H,13,14);1-3H2,(H,9,10). The minimum atomic E-state index is -4.23. The topological polar surface area (TPSA) is 112 Å². The summed E-state index contributed by atoms with van der Waals surface area (Å²) in [7, 11) is 0. The number of rotatable bonds is 7. The number of carboxylic acid groups (broad SMARTS) is 3. The smallest absolute Gasteiger partial charge is 0.389 e. The molecule has 1 aromatic rings. The summed E-state index contributed by atoms with van der Waals surface area (Å²) in [5, 5.41) is 24.9. The predicted octanol–water partition coefficient (Wildman–Crippen LogP) is 2.74. The van der Waals surface area contributed by atoms with E-state index in [1.807, 2.05) is 0 Å². The number of hydrogen-bond donors (Lipinski definition) is 3. The molecule has 9 heteroatoms. The van der Waals surface area contributed by atoms with E-state index in [-0.39, 0.29) is 19.3 Å². The number of carboxylic acids is 3. The minimum Gasteiger partial charge on any atom is -0.481 e. The van der Waals surface area contributed by atoms with Gasteiger partial charge in [-0.25, -0.2) is 0 Å². The van der Waals surface area contributed by atoms with E-state index in [9.17, 15) is 27.6 Å². The fourth-order valence-electron chi connectivity index (χ4n) is 1.56. The van der Waals surface area contributed by atoms with Crippen LogP contribution in [0.5, 0.6) is 0 Å². The maximum atomic E-state index is 11.3. The van der Waals surface area contributed by atoms with Crippen LogP contribution < -0.4 is 0 Å². The quantitative estimate of drug-likeness (QED) is 0.697. The molecular formula is C15H17F3O6. The normalized spacial score (nSPS) is 10.5. The highest BCUT2D eigenvalue weighted by molar-refractivity contribution is 5.71. The van der Waals surface area contributed by atoms with Gasteiger partial charge in [-0.05, 0) is 17.5 Å². The minimum absolute atomic E-state index is 0.0344. The van der Waals surface area contributed by atoms with Gasteiger partial charge in [0.2, 0.25) is 0 Å². The zero-order valence-corrected chi connectivity index (χ0v) is 12.5. The molecule has 0 fully saturated rings. The van der Waals surface area contributed by atoms with E-state index in [0.717, 1.165) is 0 Å². The van der Waals surface area contributed by atoms with Crippen LogP contribution in [0.2, 0.25) is 0 Å². The summed E-state index contributed by atoms with van der Waals surface area (Å²) in [6.07, 6.45) is -6.06. The Morgan fingerprint density at radius 2 is 1.17 bits per heavy atom. The molecule has 0 aliphatic heterocycles. The van der Waals surface area contributed by atoms with Crippen LogP contribution >= 0.6 is 0 Å². The first-order chi connectivity index (χ1) is 11.0. The van der Waals surface area contributed by atoms with Crippen molar-refractivity contribution < 1.29 is 42.9 Å². The van der Waals surface area contributed by atoms with Crippen molar-refractivity contribution in [1.82, 2.24) is 0 Å². The largest absolute Gasteiger partial charge is 0.481 e. The second-order valence-corrected chi connectivity index (χ2v) is 4.82. The molecule has 134 valence electrons. The molecule has 0 aliphatic rings. The van der Waals surface area contributed by atoms with Gasteiger partial charge in [-0.1, -0.05) is 24.3 Å². The molecular weight excluding hydrogens is 333 g/mol. The molecule has 0 radical (unpaired) electrons. The molecule has 0 atom stereocenters. The highest BCUT2D eigenvalue weighted by atomic mass is 19.4. The van der Waals surface area contributed by atoms with Crippen molar-refractivity contribution in [3.05, 3.63) is 35.4 Å². The van der Waals surface area contributed by atoms with Crippen LogP contribution in [0.15, 0.2) is 24.3 Å². The maximum absolute atomic E-state index is 11.3. The summed E-state index contributed by atoms with van der Waals surface area (Å²) in [5.74, 6) is -2.98. The molecule has 3 N–H and O–H groups in total. The van der Waals surface area contributed by atoms with Crippen LogP contribution in [0.3, 0.4) is 0 Å². The van der Waals surface area contributed by atoms with Gasteiger partial charge in [0.15, 0.2) is 0 Å². The van der Waals surface area contributed by atoms with Gasteiger partial charge in [0.1, 0.15) is 0 Å². The Labute approximate surface area is 135 Å². The first kappa shape index (κ1) is 21.4. The number of halogens is 3. The lowest BCUT2D eigenvalue weighted by Crippen LogP contribution is -2.07. The van der Waals surface area contributed by atoms with Crippen molar-refractivity contribution in [2.75, 3.05) is 0 Å². The predicted molar refractivity (Wildman–Crippen MR) is 76.7 cm³/mol. The molecule has 0 unspecified atom stereocenters. The van der Waals surface area contributed by atoms with Crippen LogP contribution in [0.4, 0.5) is 13.2 Å². The third kappa shape index (κ3) is 13.1. The van der Waals surface area contributed by atoms with Crippen molar-refractivity contribution in [3.8, 4) is 0 Å². The van der Waals surface area contributed by atoms with E-state index in [4.69, 9.17) is 15.3 Å². The number of hydrogen-bond acceptors (Lipinski definition) is 3. The number of carbonyl (C=O) groups is 3. The molecule has 0 heterocycles. The van der Waals surface area contributed by atoms with Gasteiger partial charge in [0, 0.05) is 12.8 Å². The molecule has 0 saturated carbocycles. The van der Waals surface area contributed by atoms with Crippen LogP contribution in [-0.2, 0) is 27.2 Å². The molecule has 0 aromatic heterocycles. The average molecular weight is 350 g/mol. The Morgan fingerprint density at radius 3 is 1.42 bits per heavy atom. The van der Waals surface area contributed by atoms with Gasteiger partial charge in [-0.3, -0.25) is 14.4 Å². The third-order valence-corrected chi connectivity index (χ3v) is 2.58. The van der Waals surface area contributed by atoms with Crippen LogP contribution in [-0.4, -0.2) is 39.4 Å². The second-order valence-electron chi connectivity index (χ2n) is 4.82. The molecule has 0 amide bonds. The van der Waals surface area contributed by atoms with Crippen LogP contribution in [0.25, 0.3) is 0 Å². The summed E-state index contributed by atoms with van der Waals surface area (Å²) in [6.45, 7) is 0. The molecule has 0 aliphatic carbocycles. The van der Waals surface area contributed by atoms with Crippen molar-refractivity contribution >= 4 is 17.9 Å². The Hall–Kier alpha value is -2.58. The Kier molecular flexibility index (Phi) is 9.14. The summed E-state index contributed by atoms with van der Waals surface area (Å²) < 4.78 is 33.9.